The zero-order valence-electron chi connectivity index (χ0n) is 10.1. The van der Waals surface area contributed by atoms with E-state index in [-0.39, 0.29) is 5.91 Å². The van der Waals surface area contributed by atoms with Gasteiger partial charge in [0.05, 0.1) is 0 Å². The van der Waals surface area contributed by atoms with Crippen molar-refractivity contribution in [1.82, 2.24) is 4.90 Å². The van der Waals surface area contributed by atoms with Gasteiger partial charge in [-0.05, 0) is 30.5 Å². The quantitative estimate of drug-likeness (QED) is 0.694. The largest absolute Gasteiger partial charge is 0.335 e. The molecule has 0 saturated carbocycles. The third-order valence-corrected chi connectivity index (χ3v) is 2.60. The number of rotatable bonds is 5. The van der Waals surface area contributed by atoms with Gasteiger partial charge in [-0.1, -0.05) is 37.8 Å². The summed E-state index contributed by atoms with van der Waals surface area (Å²) in [6, 6.07) is 8.15. The topological polar surface area (TPSA) is 20.3 Å². The van der Waals surface area contributed by atoms with E-state index in [1.807, 2.05) is 17.0 Å². The van der Waals surface area contributed by atoms with Gasteiger partial charge in [0.25, 0.3) is 0 Å². The molecule has 0 aliphatic heterocycles. The van der Waals surface area contributed by atoms with Crippen LogP contribution in [0, 0.1) is 6.92 Å². The van der Waals surface area contributed by atoms with E-state index >= 15 is 0 Å². The van der Waals surface area contributed by atoms with E-state index in [0.717, 1.165) is 13.0 Å². The number of aryl methyl sites for hydroxylation is 1. The molecule has 0 bridgehead atoms. The maximum atomic E-state index is 11.6. The molecule has 0 saturated heterocycles. The van der Waals surface area contributed by atoms with Crippen molar-refractivity contribution < 1.29 is 4.79 Å². The van der Waals surface area contributed by atoms with Crippen LogP contribution in [0.25, 0.3) is 0 Å². The van der Waals surface area contributed by atoms with Gasteiger partial charge in [-0.2, -0.15) is 0 Å². The SMILES string of the molecule is C=CC(=O)N(CCC)Cc1ccccc1C. The Kier molecular flexibility index (Phi) is 4.77. The molecule has 0 aromatic heterocycles. The Balaban J connectivity index is 2.79. The molecule has 0 radical (unpaired) electrons. The van der Waals surface area contributed by atoms with E-state index in [2.05, 4.69) is 32.6 Å². The molecule has 0 heterocycles. The summed E-state index contributed by atoms with van der Waals surface area (Å²) >= 11 is 0. The van der Waals surface area contributed by atoms with Crippen molar-refractivity contribution in [2.45, 2.75) is 26.8 Å². The minimum Gasteiger partial charge on any atom is -0.335 e. The van der Waals surface area contributed by atoms with E-state index in [4.69, 9.17) is 0 Å². The first-order chi connectivity index (χ1) is 7.69. The van der Waals surface area contributed by atoms with E-state index in [1.54, 1.807) is 0 Å². The van der Waals surface area contributed by atoms with Crippen molar-refractivity contribution in [1.29, 1.82) is 0 Å². The van der Waals surface area contributed by atoms with Gasteiger partial charge < -0.3 is 4.90 Å². The summed E-state index contributed by atoms with van der Waals surface area (Å²) in [4.78, 5) is 13.5. The van der Waals surface area contributed by atoms with Crippen LogP contribution in [0.15, 0.2) is 36.9 Å². The summed E-state index contributed by atoms with van der Waals surface area (Å²) in [6.07, 6.45) is 2.35. The highest BCUT2D eigenvalue weighted by Crippen LogP contribution is 2.11. The number of amides is 1. The second-order valence-corrected chi connectivity index (χ2v) is 3.89. The van der Waals surface area contributed by atoms with Crippen molar-refractivity contribution in [3.63, 3.8) is 0 Å². The molecule has 2 heteroatoms. The molecule has 0 atom stereocenters. The average Bonchev–Trinajstić information content (AvgIpc) is 2.30. The summed E-state index contributed by atoms with van der Waals surface area (Å²) in [5.41, 5.74) is 2.42. The second kappa shape index (κ2) is 6.11. The predicted molar refractivity (Wildman–Crippen MR) is 67.1 cm³/mol. The Morgan fingerprint density at radius 3 is 2.69 bits per heavy atom. The van der Waals surface area contributed by atoms with Crippen LogP contribution in [0.4, 0.5) is 0 Å². The van der Waals surface area contributed by atoms with Gasteiger partial charge >= 0.3 is 0 Å². The van der Waals surface area contributed by atoms with Crippen LogP contribution in [0.5, 0.6) is 0 Å². The Morgan fingerprint density at radius 1 is 1.44 bits per heavy atom. The molecule has 0 fully saturated rings. The molecular weight excluding hydrogens is 198 g/mol. The lowest BCUT2D eigenvalue weighted by molar-refractivity contribution is -0.126. The number of carbonyl (C=O) groups is 1. The fourth-order valence-corrected chi connectivity index (χ4v) is 1.66. The number of nitrogens with zero attached hydrogens (tertiary/aromatic N) is 1. The van der Waals surface area contributed by atoms with Crippen molar-refractivity contribution in [3.05, 3.63) is 48.0 Å². The van der Waals surface area contributed by atoms with Gasteiger partial charge in [0.2, 0.25) is 5.91 Å². The third-order valence-electron chi connectivity index (χ3n) is 2.60. The molecule has 0 unspecified atom stereocenters. The number of benzene rings is 1. The molecule has 0 aliphatic rings. The highest BCUT2D eigenvalue weighted by atomic mass is 16.2. The lowest BCUT2D eigenvalue weighted by atomic mass is 10.1. The number of carbonyl (C=O) groups excluding carboxylic acids is 1. The summed E-state index contributed by atoms with van der Waals surface area (Å²) in [7, 11) is 0. The van der Waals surface area contributed by atoms with Gasteiger partial charge in [-0.25, -0.2) is 0 Å². The zero-order chi connectivity index (χ0) is 12.0. The first-order valence-corrected chi connectivity index (χ1v) is 5.65. The lowest BCUT2D eigenvalue weighted by Gasteiger charge is -2.21. The molecule has 1 aromatic carbocycles. The fourth-order valence-electron chi connectivity index (χ4n) is 1.66. The minimum atomic E-state index is 0.00473. The average molecular weight is 217 g/mol. The summed E-state index contributed by atoms with van der Waals surface area (Å²) in [5.74, 6) is 0.00473. The Morgan fingerprint density at radius 2 is 2.12 bits per heavy atom. The van der Waals surface area contributed by atoms with Crippen LogP contribution in [0.2, 0.25) is 0 Å². The Bertz CT molecular complexity index is 371. The van der Waals surface area contributed by atoms with Gasteiger partial charge in [-0.15, -0.1) is 0 Å². The van der Waals surface area contributed by atoms with E-state index in [1.165, 1.54) is 17.2 Å². The van der Waals surface area contributed by atoms with Crippen LogP contribution in [-0.2, 0) is 11.3 Å². The first kappa shape index (κ1) is 12.5. The monoisotopic (exact) mass is 217 g/mol. The van der Waals surface area contributed by atoms with Gasteiger partial charge in [-0.3, -0.25) is 4.79 Å². The van der Waals surface area contributed by atoms with E-state index in [0.29, 0.717) is 6.54 Å². The molecule has 2 nitrogen and oxygen atoms in total. The van der Waals surface area contributed by atoms with Gasteiger partial charge in [0.15, 0.2) is 0 Å². The van der Waals surface area contributed by atoms with Crippen molar-refractivity contribution in [2.75, 3.05) is 6.54 Å². The summed E-state index contributed by atoms with van der Waals surface area (Å²) in [5, 5.41) is 0. The molecule has 16 heavy (non-hydrogen) atoms. The van der Waals surface area contributed by atoms with Crippen LogP contribution in [0.1, 0.15) is 24.5 Å². The highest BCUT2D eigenvalue weighted by Gasteiger charge is 2.10. The van der Waals surface area contributed by atoms with Crippen molar-refractivity contribution >= 4 is 5.91 Å². The molecule has 0 N–H and O–H groups in total. The lowest BCUT2D eigenvalue weighted by Crippen LogP contribution is -2.29. The molecule has 1 aromatic rings. The molecule has 86 valence electrons. The Labute approximate surface area is 97.6 Å². The van der Waals surface area contributed by atoms with E-state index < -0.39 is 0 Å². The van der Waals surface area contributed by atoms with Gasteiger partial charge in [0.1, 0.15) is 0 Å². The van der Waals surface area contributed by atoms with Crippen LogP contribution in [-0.4, -0.2) is 17.4 Å². The molecule has 0 aliphatic carbocycles. The Hall–Kier alpha value is -1.57. The normalized spacial score (nSPS) is 9.88. The number of hydrogen-bond donors (Lipinski definition) is 0. The van der Waals surface area contributed by atoms with Crippen LogP contribution >= 0.6 is 0 Å². The summed E-state index contributed by atoms with van der Waals surface area (Å²) in [6.45, 7) is 9.12. The highest BCUT2D eigenvalue weighted by molar-refractivity contribution is 5.86. The predicted octanol–water partition coefficient (Wildman–Crippen LogP) is 2.92. The standard InChI is InChI=1S/C14H19NO/c1-4-10-15(14(16)5-2)11-13-9-7-6-8-12(13)3/h5-9H,2,4,10-11H2,1,3H3. The maximum Gasteiger partial charge on any atom is 0.246 e. The minimum absolute atomic E-state index is 0.00473. The smallest absolute Gasteiger partial charge is 0.246 e. The van der Waals surface area contributed by atoms with Crippen LogP contribution < -0.4 is 0 Å². The molecule has 1 amide bonds. The maximum absolute atomic E-state index is 11.6. The molecular formula is C14H19NO. The number of hydrogen-bond acceptors (Lipinski definition) is 1. The van der Waals surface area contributed by atoms with Crippen LogP contribution in [0.3, 0.4) is 0 Å². The third kappa shape index (κ3) is 3.23. The first-order valence-electron chi connectivity index (χ1n) is 5.65. The van der Waals surface area contributed by atoms with Gasteiger partial charge in [0, 0.05) is 13.1 Å². The molecule has 0 spiro atoms. The van der Waals surface area contributed by atoms with Crippen molar-refractivity contribution in [3.8, 4) is 0 Å². The molecule has 1 rings (SSSR count). The fraction of sp³-hybridized carbons (Fsp3) is 0.357. The zero-order valence-corrected chi connectivity index (χ0v) is 10.1. The van der Waals surface area contributed by atoms with E-state index in [9.17, 15) is 4.79 Å². The second-order valence-electron chi connectivity index (χ2n) is 3.89. The summed E-state index contributed by atoms with van der Waals surface area (Å²) < 4.78 is 0. The van der Waals surface area contributed by atoms with Crippen molar-refractivity contribution in [2.24, 2.45) is 0 Å².